The van der Waals surface area contributed by atoms with Gasteiger partial charge >= 0.3 is 6.75 Å². The molecule has 1 aromatic rings. The van der Waals surface area contributed by atoms with Crippen LogP contribution in [0.3, 0.4) is 0 Å². The van der Waals surface area contributed by atoms with Gasteiger partial charge in [0.2, 0.25) is 0 Å². The summed E-state index contributed by atoms with van der Waals surface area (Å²) in [6, 6.07) is 4.44. The first kappa shape index (κ1) is 22.6. The lowest BCUT2D eigenvalue weighted by atomic mass is 9.58. The van der Waals surface area contributed by atoms with Gasteiger partial charge in [0.25, 0.3) is 17.8 Å². The zero-order valence-corrected chi connectivity index (χ0v) is 18.0. The number of hydrogen-bond donors (Lipinski definition) is 1. The molecule has 2 aliphatic heterocycles. The van der Waals surface area contributed by atoms with E-state index >= 15 is 0 Å². The summed E-state index contributed by atoms with van der Waals surface area (Å²) in [4.78, 5) is 48.8. The average molecular weight is 457 g/mol. The molecule has 2 bridgehead atoms. The minimum Gasteiger partial charge on any atom is -0.633 e. The van der Waals surface area contributed by atoms with Crippen LogP contribution in [0.5, 0.6) is 0 Å². The van der Waals surface area contributed by atoms with E-state index in [1.807, 2.05) is 13.8 Å². The van der Waals surface area contributed by atoms with Gasteiger partial charge in [-0.05, 0) is 30.5 Å². The number of carbonyl (C=O) groups is 4. The number of halogens is 2. The fourth-order valence-electron chi connectivity index (χ4n) is 3.73. The number of carbonyl (C=O) groups excluding carboxylic acids is 4. The summed E-state index contributed by atoms with van der Waals surface area (Å²) in [5.74, 6) is -2.68. The third kappa shape index (κ3) is 4.96. The Morgan fingerprint density at radius 1 is 1.23 bits per heavy atom. The molecular formula is C19H21BCl2NO7-. The third-order valence-electron chi connectivity index (χ3n) is 5.01. The molecule has 2 aliphatic rings. The summed E-state index contributed by atoms with van der Waals surface area (Å²) in [6.07, 6.45) is -0.885. The van der Waals surface area contributed by atoms with Crippen molar-refractivity contribution in [2.24, 2.45) is 5.92 Å². The summed E-state index contributed by atoms with van der Waals surface area (Å²) >= 11 is 11.9. The van der Waals surface area contributed by atoms with Crippen molar-refractivity contribution in [2.75, 3.05) is 6.54 Å². The van der Waals surface area contributed by atoms with Gasteiger partial charge in [-0.2, -0.15) is 0 Å². The molecule has 2 heterocycles. The maximum atomic E-state index is 12.6. The molecule has 0 radical (unpaired) electrons. The van der Waals surface area contributed by atoms with Crippen molar-refractivity contribution in [3.8, 4) is 0 Å². The topological polar surface area (TPSA) is 108 Å². The van der Waals surface area contributed by atoms with E-state index in [0.717, 1.165) is 0 Å². The van der Waals surface area contributed by atoms with Crippen molar-refractivity contribution in [3.05, 3.63) is 33.8 Å². The Bertz CT molecular complexity index is 890. The summed E-state index contributed by atoms with van der Waals surface area (Å²) in [7, 11) is 0. The molecule has 1 aromatic carbocycles. The fraction of sp³-hybridized carbons (Fsp3) is 0.474. The molecule has 2 fully saturated rings. The Kier molecular flexibility index (Phi) is 6.74. The Balaban J connectivity index is 1.67. The van der Waals surface area contributed by atoms with E-state index in [9.17, 15) is 19.2 Å². The van der Waals surface area contributed by atoms with Crippen LogP contribution in [-0.2, 0) is 28.3 Å². The first-order valence-corrected chi connectivity index (χ1v) is 10.4. The molecule has 0 spiro atoms. The maximum absolute atomic E-state index is 12.6. The SMILES string of the molecule is CC(C)CC(CC(=O)CNC(=O)c1cc(Cl)ccc1Cl)[B-]12OC(=O)C[C@H](O1)C(=O)O2. The third-order valence-corrected chi connectivity index (χ3v) is 5.57. The first-order chi connectivity index (χ1) is 14.1. The number of rotatable bonds is 8. The van der Waals surface area contributed by atoms with Crippen LogP contribution in [0.4, 0.5) is 0 Å². The summed E-state index contributed by atoms with van der Waals surface area (Å²) in [6.45, 7) is 0.861. The second-order valence-corrected chi connectivity index (χ2v) is 8.74. The number of nitrogens with one attached hydrogen (secondary N) is 1. The molecule has 1 amide bonds. The highest BCUT2D eigenvalue weighted by Crippen LogP contribution is 2.42. The highest BCUT2D eigenvalue weighted by atomic mass is 35.5. The van der Waals surface area contributed by atoms with Crippen LogP contribution in [-0.4, -0.2) is 43.0 Å². The van der Waals surface area contributed by atoms with Gasteiger partial charge in [-0.15, -0.1) is 0 Å². The Labute approximate surface area is 183 Å². The number of fused-ring (bicyclic) bond motifs is 2. The second kappa shape index (κ2) is 8.95. The van der Waals surface area contributed by atoms with Crippen LogP contribution in [0.1, 0.15) is 43.5 Å². The molecule has 3 atom stereocenters. The number of ketones is 1. The van der Waals surface area contributed by atoms with Crippen molar-refractivity contribution < 1.29 is 33.1 Å². The highest BCUT2D eigenvalue weighted by molar-refractivity contribution is 6.68. The second-order valence-electron chi connectivity index (χ2n) is 7.89. The van der Waals surface area contributed by atoms with Crippen molar-refractivity contribution >= 4 is 53.6 Å². The number of amides is 1. The normalized spacial score (nSPS) is 23.7. The largest absolute Gasteiger partial charge is 0.633 e. The average Bonchev–Trinajstić information content (AvgIpc) is 2.90. The van der Waals surface area contributed by atoms with Gasteiger partial charge in [0.1, 0.15) is 11.9 Å². The van der Waals surface area contributed by atoms with Crippen molar-refractivity contribution in [1.29, 1.82) is 0 Å². The van der Waals surface area contributed by atoms with Gasteiger partial charge in [0.05, 0.1) is 23.6 Å². The molecule has 0 aliphatic carbocycles. The van der Waals surface area contributed by atoms with E-state index in [-0.39, 0.29) is 41.7 Å². The quantitative estimate of drug-likeness (QED) is 0.599. The number of benzene rings is 1. The summed E-state index contributed by atoms with van der Waals surface area (Å²) < 4.78 is 16.3. The van der Waals surface area contributed by atoms with Gasteiger partial charge in [0, 0.05) is 5.02 Å². The van der Waals surface area contributed by atoms with Gasteiger partial charge < -0.3 is 19.3 Å². The lowest BCUT2D eigenvalue weighted by Crippen LogP contribution is -2.52. The van der Waals surface area contributed by atoms with Gasteiger partial charge in [-0.25, -0.2) is 0 Å². The van der Waals surface area contributed by atoms with E-state index in [0.29, 0.717) is 11.4 Å². The Morgan fingerprint density at radius 3 is 2.67 bits per heavy atom. The zero-order valence-electron chi connectivity index (χ0n) is 16.5. The monoisotopic (exact) mass is 456 g/mol. The van der Waals surface area contributed by atoms with Crippen LogP contribution in [0.25, 0.3) is 0 Å². The molecule has 2 unspecified atom stereocenters. The van der Waals surface area contributed by atoms with Crippen LogP contribution in [0.2, 0.25) is 15.9 Å². The molecule has 162 valence electrons. The van der Waals surface area contributed by atoms with Gasteiger partial charge in [-0.3, -0.25) is 19.2 Å². The van der Waals surface area contributed by atoms with Gasteiger partial charge in [-0.1, -0.05) is 49.3 Å². The summed E-state index contributed by atoms with van der Waals surface area (Å²) in [5.41, 5.74) is 0.149. The molecule has 8 nitrogen and oxygen atoms in total. The van der Waals surface area contributed by atoms with E-state index in [2.05, 4.69) is 5.32 Å². The van der Waals surface area contributed by atoms with Crippen molar-refractivity contribution in [2.45, 2.75) is 45.0 Å². The lowest BCUT2D eigenvalue weighted by Gasteiger charge is -2.43. The van der Waals surface area contributed by atoms with E-state index in [4.69, 9.17) is 37.2 Å². The number of Topliss-reactive ketones (excluding diaryl/α,β-unsaturated/α-hetero) is 1. The molecular weight excluding hydrogens is 436 g/mol. The van der Waals surface area contributed by atoms with Crippen molar-refractivity contribution in [1.82, 2.24) is 5.32 Å². The van der Waals surface area contributed by atoms with Crippen LogP contribution in [0.15, 0.2) is 18.2 Å². The van der Waals surface area contributed by atoms with E-state index in [1.165, 1.54) is 12.1 Å². The lowest BCUT2D eigenvalue weighted by molar-refractivity contribution is -0.145. The first-order valence-electron chi connectivity index (χ1n) is 9.61. The highest BCUT2D eigenvalue weighted by Gasteiger charge is 2.56. The minimum absolute atomic E-state index is 0.102. The standard InChI is InChI=1S/C19H21BCl2NO7/c1-10(2)5-11(20-28-16(19(27)30-20)8-17(25)29-20)6-13(24)9-23-18(26)14-7-12(21)3-4-15(14)22/h3-4,7,10-11,16H,5-6,8-9H2,1-2H3,(H,23,26)/q-1/t11?,16-,20?/m0/s1. The molecule has 1 N–H and O–H groups in total. The van der Waals surface area contributed by atoms with E-state index in [1.54, 1.807) is 6.07 Å². The van der Waals surface area contributed by atoms with Crippen LogP contribution in [0, 0.1) is 5.92 Å². The van der Waals surface area contributed by atoms with Crippen molar-refractivity contribution in [3.63, 3.8) is 0 Å². The zero-order chi connectivity index (χ0) is 22.1. The maximum Gasteiger partial charge on any atom is 0.499 e. The predicted molar refractivity (Wildman–Crippen MR) is 109 cm³/mol. The number of hydrogen-bond acceptors (Lipinski definition) is 7. The fourth-order valence-corrected chi connectivity index (χ4v) is 4.11. The minimum atomic E-state index is -2.70. The molecule has 30 heavy (non-hydrogen) atoms. The molecule has 0 aromatic heterocycles. The molecule has 0 saturated carbocycles. The molecule has 2 saturated heterocycles. The summed E-state index contributed by atoms with van der Waals surface area (Å²) in [5, 5.41) is 3.05. The van der Waals surface area contributed by atoms with Crippen LogP contribution >= 0.6 is 23.2 Å². The smallest absolute Gasteiger partial charge is 0.499 e. The predicted octanol–water partition coefficient (Wildman–Crippen LogP) is 2.93. The molecule has 3 rings (SSSR count). The van der Waals surface area contributed by atoms with E-state index < -0.39 is 36.5 Å². The Morgan fingerprint density at radius 2 is 1.97 bits per heavy atom. The van der Waals surface area contributed by atoms with Gasteiger partial charge in [0.15, 0.2) is 0 Å². The van der Waals surface area contributed by atoms with Crippen LogP contribution < -0.4 is 5.32 Å². The Hall–Kier alpha value is -2.10. The molecule has 11 heteroatoms.